The summed E-state index contributed by atoms with van der Waals surface area (Å²) in [6.07, 6.45) is 2.72. The van der Waals surface area contributed by atoms with E-state index in [1.165, 1.54) is 12.1 Å². The first-order valence-corrected chi connectivity index (χ1v) is 8.27. The van der Waals surface area contributed by atoms with Gasteiger partial charge in [0.15, 0.2) is 5.96 Å². The van der Waals surface area contributed by atoms with Crippen LogP contribution in [-0.2, 0) is 6.42 Å². The molecule has 1 fully saturated rings. The Morgan fingerprint density at radius 3 is 2.91 bits per heavy atom. The summed E-state index contributed by atoms with van der Waals surface area (Å²) in [6.45, 7) is 2.61. The van der Waals surface area contributed by atoms with E-state index in [1.807, 2.05) is 24.0 Å². The van der Waals surface area contributed by atoms with Crippen LogP contribution >= 0.6 is 35.7 Å². The molecule has 4 nitrogen and oxygen atoms in total. The lowest BCUT2D eigenvalue weighted by atomic mass is 10.1. The standard InChI is InChI=1S/C15H19FN4S.HI/c16-12-1-2-13-11(10-19-14(13)9-12)3-4-18-15(17)20-5-7-21-8-6-20;/h1-2,9-10,19H,3-8H2,(H2,17,18);1H. The van der Waals surface area contributed by atoms with E-state index < -0.39 is 0 Å². The van der Waals surface area contributed by atoms with E-state index >= 15 is 0 Å². The van der Waals surface area contributed by atoms with Gasteiger partial charge in [0.05, 0.1) is 0 Å². The minimum Gasteiger partial charge on any atom is -0.370 e. The van der Waals surface area contributed by atoms with Gasteiger partial charge in [-0.05, 0) is 30.2 Å². The fraction of sp³-hybridized carbons (Fsp3) is 0.400. The number of nitrogens with zero attached hydrogens (tertiary/aromatic N) is 2. The maximum atomic E-state index is 13.1. The van der Waals surface area contributed by atoms with Crippen molar-refractivity contribution in [2.24, 2.45) is 10.7 Å². The van der Waals surface area contributed by atoms with Crippen LogP contribution in [0.3, 0.4) is 0 Å². The number of aromatic amines is 1. The average Bonchev–Trinajstić information content (AvgIpc) is 2.90. The number of hydrogen-bond donors (Lipinski definition) is 2. The molecule has 0 spiro atoms. The smallest absolute Gasteiger partial charge is 0.191 e. The maximum absolute atomic E-state index is 13.1. The van der Waals surface area contributed by atoms with Gasteiger partial charge in [-0.15, -0.1) is 24.0 Å². The van der Waals surface area contributed by atoms with Crippen LogP contribution in [0.2, 0.25) is 0 Å². The summed E-state index contributed by atoms with van der Waals surface area (Å²) in [4.78, 5) is 9.71. The van der Waals surface area contributed by atoms with Crippen molar-refractivity contribution in [2.45, 2.75) is 6.42 Å². The highest BCUT2D eigenvalue weighted by molar-refractivity contribution is 14.0. The molecular formula is C15H20FIN4S. The first-order valence-electron chi connectivity index (χ1n) is 7.12. The van der Waals surface area contributed by atoms with Crippen LogP contribution in [0.4, 0.5) is 4.39 Å². The van der Waals surface area contributed by atoms with Crippen molar-refractivity contribution in [1.82, 2.24) is 9.88 Å². The molecule has 3 N–H and O–H groups in total. The van der Waals surface area contributed by atoms with Gasteiger partial charge < -0.3 is 15.6 Å². The lowest BCUT2D eigenvalue weighted by molar-refractivity contribution is 0.456. The van der Waals surface area contributed by atoms with E-state index in [2.05, 4.69) is 14.9 Å². The van der Waals surface area contributed by atoms with Gasteiger partial charge in [0, 0.05) is 48.2 Å². The number of fused-ring (bicyclic) bond motifs is 1. The van der Waals surface area contributed by atoms with Crippen molar-refractivity contribution in [1.29, 1.82) is 0 Å². The molecule has 120 valence electrons. The highest BCUT2D eigenvalue weighted by atomic mass is 127. The molecule has 1 aromatic heterocycles. The fourth-order valence-electron chi connectivity index (χ4n) is 2.55. The van der Waals surface area contributed by atoms with Gasteiger partial charge in [0.2, 0.25) is 0 Å². The van der Waals surface area contributed by atoms with Crippen LogP contribution in [0.25, 0.3) is 10.9 Å². The Hall–Kier alpha value is -0.960. The Morgan fingerprint density at radius 1 is 1.36 bits per heavy atom. The van der Waals surface area contributed by atoms with E-state index in [0.717, 1.165) is 47.5 Å². The number of thioether (sulfide) groups is 1. The predicted octanol–water partition coefficient (Wildman–Crippen LogP) is 2.83. The van der Waals surface area contributed by atoms with Gasteiger partial charge in [0.1, 0.15) is 5.82 Å². The van der Waals surface area contributed by atoms with E-state index in [4.69, 9.17) is 5.73 Å². The molecule has 0 saturated carbocycles. The van der Waals surface area contributed by atoms with Crippen molar-refractivity contribution >= 4 is 52.6 Å². The molecule has 0 unspecified atom stereocenters. The number of aliphatic imine (C=N–C) groups is 1. The molecule has 2 aromatic rings. The molecule has 7 heteroatoms. The number of nitrogens with one attached hydrogen (secondary N) is 1. The third-order valence-corrected chi connectivity index (χ3v) is 4.66. The van der Waals surface area contributed by atoms with Crippen LogP contribution < -0.4 is 5.73 Å². The summed E-state index contributed by atoms with van der Waals surface area (Å²) in [5.41, 5.74) is 8.01. The van der Waals surface area contributed by atoms with Gasteiger partial charge >= 0.3 is 0 Å². The molecule has 1 aromatic carbocycles. The summed E-state index contributed by atoms with van der Waals surface area (Å²) in [5.74, 6) is 2.65. The monoisotopic (exact) mass is 434 g/mol. The Morgan fingerprint density at radius 2 is 2.14 bits per heavy atom. The number of guanidine groups is 1. The third-order valence-electron chi connectivity index (χ3n) is 3.72. The van der Waals surface area contributed by atoms with Crippen molar-refractivity contribution in [3.05, 3.63) is 35.8 Å². The van der Waals surface area contributed by atoms with Crippen LogP contribution in [0.15, 0.2) is 29.4 Å². The van der Waals surface area contributed by atoms with E-state index in [1.54, 1.807) is 0 Å². The molecule has 0 radical (unpaired) electrons. The van der Waals surface area contributed by atoms with Gasteiger partial charge in [-0.1, -0.05) is 0 Å². The summed E-state index contributed by atoms with van der Waals surface area (Å²) in [6, 6.07) is 4.82. The number of nitrogens with two attached hydrogens (primary N) is 1. The first kappa shape index (κ1) is 17.4. The summed E-state index contributed by atoms with van der Waals surface area (Å²) in [7, 11) is 0. The largest absolute Gasteiger partial charge is 0.370 e. The number of rotatable bonds is 3. The molecule has 22 heavy (non-hydrogen) atoms. The molecule has 3 rings (SSSR count). The van der Waals surface area contributed by atoms with Crippen molar-refractivity contribution in [3.8, 4) is 0 Å². The number of halogens is 2. The second kappa shape index (κ2) is 8.05. The molecule has 0 bridgehead atoms. The lowest BCUT2D eigenvalue weighted by Crippen LogP contribution is -2.42. The van der Waals surface area contributed by atoms with Crippen LogP contribution in [0.5, 0.6) is 0 Å². The molecule has 2 heterocycles. The number of H-pyrrole nitrogens is 1. The summed E-state index contributed by atoms with van der Waals surface area (Å²) >= 11 is 1.95. The topological polar surface area (TPSA) is 57.4 Å². The molecule has 0 atom stereocenters. The third kappa shape index (κ3) is 4.07. The zero-order valence-corrected chi connectivity index (χ0v) is 15.4. The van der Waals surface area contributed by atoms with Gasteiger partial charge in [0.25, 0.3) is 0 Å². The normalized spacial score (nSPS) is 15.9. The average molecular weight is 434 g/mol. The molecule has 1 saturated heterocycles. The van der Waals surface area contributed by atoms with E-state index in [-0.39, 0.29) is 29.8 Å². The fourth-order valence-corrected chi connectivity index (χ4v) is 3.45. The zero-order valence-electron chi connectivity index (χ0n) is 12.2. The van der Waals surface area contributed by atoms with Crippen molar-refractivity contribution in [2.75, 3.05) is 31.1 Å². The number of hydrogen-bond acceptors (Lipinski definition) is 2. The van der Waals surface area contributed by atoms with Gasteiger partial charge in [-0.25, -0.2) is 4.39 Å². The van der Waals surface area contributed by atoms with Crippen LogP contribution in [0, 0.1) is 5.82 Å². The molecule has 0 aliphatic carbocycles. The summed E-state index contributed by atoms with van der Waals surface area (Å²) in [5, 5.41) is 1.06. The predicted molar refractivity (Wildman–Crippen MR) is 103 cm³/mol. The second-order valence-electron chi connectivity index (χ2n) is 5.09. The summed E-state index contributed by atoms with van der Waals surface area (Å²) < 4.78 is 13.1. The maximum Gasteiger partial charge on any atom is 0.191 e. The van der Waals surface area contributed by atoms with Gasteiger partial charge in [-0.2, -0.15) is 11.8 Å². The van der Waals surface area contributed by atoms with Crippen LogP contribution in [0.1, 0.15) is 5.56 Å². The molecule has 1 aliphatic rings. The number of benzene rings is 1. The Kier molecular flexibility index (Phi) is 6.37. The van der Waals surface area contributed by atoms with Crippen molar-refractivity contribution in [3.63, 3.8) is 0 Å². The lowest BCUT2D eigenvalue weighted by Gasteiger charge is -2.27. The highest BCUT2D eigenvalue weighted by Gasteiger charge is 2.12. The van der Waals surface area contributed by atoms with E-state index in [9.17, 15) is 4.39 Å². The Bertz CT molecular complexity index is 652. The van der Waals surface area contributed by atoms with E-state index in [0.29, 0.717) is 12.5 Å². The minimum absolute atomic E-state index is 0. The number of aromatic nitrogens is 1. The van der Waals surface area contributed by atoms with Gasteiger partial charge in [-0.3, -0.25) is 4.99 Å². The molecular weight excluding hydrogens is 414 g/mol. The zero-order chi connectivity index (χ0) is 14.7. The SMILES string of the molecule is I.NC(=NCCc1c[nH]c2cc(F)ccc12)N1CCSCC1. The quantitative estimate of drug-likeness (QED) is 0.444. The molecule has 1 aliphatic heterocycles. The Labute approximate surface area is 150 Å². The van der Waals surface area contributed by atoms with Crippen LogP contribution in [-0.4, -0.2) is 47.0 Å². The second-order valence-corrected chi connectivity index (χ2v) is 6.32. The Balaban J connectivity index is 0.00000176. The minimum atomic E-state index is -0.221. The molecule has 0 amide bonds. The first-order chi connectivity index (χ1) is 10.2. The van der Waals surface area contributed by atoms with Crippen molar-refractivity contribution < 1.29 is 4.39 Å². The highest BCUT2D eigenvalue weighted by Crippen LogP contribution is 2.19.